The Hall–Kier alpha value is -2.90. The van der Waals surface area contributed by atoms with Crippen LogP contribution in [0.2, 0.25) is 10.0 Å². The molecule has 9 heteroatoms. The first-order valence-electron chi connectivity index (χ1n) is 9.69. The summed E-state index contributed by atoms with van der Waals surface area (Å²) in [7, 11) is 0. The molecule has 2 aromatic rings. The van der Waals surface area contributed by atoms with E-state index in [9.17, 15) is 19.7 Å². The number of carbonyl (C=O) groups excluding carboxylic acids is 2. The molecule has 0 aliphatic carbocycles. The zero-order valence-corrected chi connectivity index (χ0v) is 17.9. The van der Waals surface area contributed by atoms with Gasteiger partial charge in [0, 0.05) is 49.2 Å². The van der Waals surface area contributed by atoms with Crippen LogP contribution in [-0.2, 0) is 4.79 Å². The lowest BCUT2D eigenvalue weighted by Gasteiger charge is -2.44. The maximum absolute atomic E-state index is 12.7. The molecule has 0 aromatic heterocycles. The van der Waals surface area contributed by atoms with E-state index in [0.717, 1.165) is 0 Å². The topological polar surface area (TPSA) is 89.8 Å². The highest BCUT2D eigenvalue weighted by molar-refractivity contribution is 6.36. The number of halogens is 2. The number of Topliss-reactive ketones (excluding diaryl/α,β-unsaturated/α-hetero) is 1. The van der Waals surface area contributed by atoms with E-state index in [-0.39, 0.29) is 23.8 Å². The van der Waals surface area contributed by atoms with Crippen LogP contribution in [0.3, 0.4) is 0 Å². The monoisotopic (exact) mass is 460 g/mol. The normalized spacial score (nSPS) is 17.5. The Kier molecular flexibility index (Phi) is 5.73. The third-order valence-corrected chi connectivity index (χ3v) is 6.09. The predicted molar refractivity (Wildman–Crippen MR) is 117 cm³/mol. The fourth-order valence-electron chi connectivity index (χ4n) is 3.94. The van der Waals surface area contributed by atoms with Crippen LogP contribution in [0.1, 0.15) is 35.2 Å². The van der Waals surface area contributed by atoms with Crippen LogP contribution >= 0.6 is 23.2 Å². The number of ketones is 1. The third kappa shape index (κ3) is 4.43. The molecule has 0 atom stereocenters. The van der Waals surface area contributed by atoms with Crippen molar-refractivity contribution in [3.63, 3.8) is 0 Å². The lowest BCUT2D eigenvalue weighted by atomic mass is 9.82. The number of amides is 1. The summed E-state index contributed by atoms with van der Waals surface area (Å²) in [6.07, 6.45) is 4.15. The number of nitrogens with zero attached hydrogens (tertiary/aromatic N) is 2. The Morgan fingerprint density at radius 2 is 1.94 bits per heavy atom. The zero-order valence-electron chi connectivity index (χ0n) is 16.3. The molecule has 2 aromatic carbocycles. The molecule has 0 saturated carbocycles. The summed E-state index contributed by atoms with van der Waals surface area (Å²) in [5.41, 5.74) is 0.236. The second-order valence-electron chi connectivity index (χ2n) is 7.66. The standard InChI is InChI=1S/C22H18Cl2N2O5/c23-15-11-17-19(27)13-22(31-21(17)18(24)12-15)6-8-25(9-7-22)20(28)5-4-14-2-1-3-16(10-14)26(29)30/h1-5,10-12H,6-9,13H2/b5-4+. The fraction of sp³-hybridized carbons (Fsp3) is 0.273. The van der Waals surface area contributed by atoms with Crippen LogP contribution < -0.4 is 4.74 Å². The Morgan fingerprint density at radius 1 is 1.19 bits per heavy atom. The summed E-state index contributed by atoms with van der Waals surface area (Å²) in [6, 6.07) is 9.18. The Balaban J connectivity index is 1.43. The molecule has 1 fully saturated rings. The largest absolute Gasteiger partial charge is 0.484 e. The van der Waals surface area contributed by atoms with Gasteiger partial charge in [-0.05, 0) is 23.8 Å². The van der Waals surface area contributed by atoms with E-state index >= 15 is 0 Å². The van der Waals surface area contributed by atoms with Crippen molar-refractivity contribution >= 4 is 46.7 Å². The van der Waals surface area contributed by atoms with Crippen molar-refractivity contribution < 1.29 is 19.2 Å². The molecule has 2 aliphatic heterocycles. The molecule has 1 amide bonds. The summed E-state index contributed by atoms with van der Waals surface area (Å²) in [5.74, 6) is 0.0809. The van der Waals surface area contributed by atoms with Crippen molar-refractivity contribution in [1.29, 1.82) is 0 Å². The van der Waals surface area contributed by atoms with Crippen molar-refractivity contribution in [2.24, 2.45) is 0 Å². The Morgan fingerprint density at radius 3 is 2.65 bits per heavy atom. The van der Waals surface area contributed by atoms with Crippen LogP contribution in [0, 0.1) is 10.1 Å². The van der Waals surface area contributed by atoms with Gasteiger partial charge in [-0.1, -0.05) is 35.3 Å². The number of rotatable bonds is 3. The molecular weight excluding hydrogens is 443 g/mol. The minimum atomic E-state index is -0.692. The summed E-state index contributed by atoms with van der Waals surface area (Å²) >= 11 is 12.2. The molecule has 0 radical (unpaired) electrons. The van der Waals surface area contributed by atoms with E-state index < -0.39 is 10.5 Å². The number of hydrogen-bond acceptors (Lipinski definition) is 5. The number of nitro groups is 1. The van der Waals surface area contributed by atoms with Gasteiger partial charge in [0.05, 0.1) is 21.9 Å². The van der Waals surface area contributed by atoms with E-state index in [1.807, 2.05) is 0 Å². The minimum Gasteiger partial charge on any atom is -0.484 e. The van der Waals surface area contributed by atoms with Crippen molar-refractivity contribution in [1.82, 2.24) is 4.90 Å². The summed E-state index contributed by atoms with van der Waals surface area (Å²) in [4.78, 5) is 37.3. The van der Waals surface area contributed by atoms with Crippen molar-refractivity contribution in [3.05, 3.63) is 73.8 Å². The van der Waals surface area contributed by atoms with Gasteiger partial charge in [-0.25, -0.2) is 0 Å². The molecule has 0 N–H and O–H groups in total. The van der Waals surface area contributed by atoms with E-state index in [0.29, 0.717) is 52.9 Å². The molecule has 7 nitrogen and oxygen atoms in total. The summed E-state index contributed by atoms with van der Waals surface area (Å²) < 4.78 is 6.18. The fourth-order valence-corrected chi connectivity index (χ4v) is 4.47. The van der Waals surface area contributed by atoms with Gasteiger partial charge >= 0.3 is 0 Å². The van der Waals surface area contributed by atoms with Gasteiger partial charge < -0.3 is 9.64 Å². The first kappa shape index (κ1) is 21.3. The smallest absolute Gasteiger partial charge is 0.270 e. The number of non-ortho nitro benzene ring substituents is 1. The predicted octanol–water partition coefficient (Wildman–Crippen LogP) is 4.94. The molecule has 160 valence electrons. The lowest BCUT2D eigenvalue weighted by molar-refractivity contribution is -0.384. The molecule has 1 saturated heterocycles. The number of fused-ring (bicyclic) bond motifs is 1. The molecule has 4 rings (SSSR count). The van der Waals surface area contributed by atoms with E-state index in [2.05, 4.69) is 0 Å². The first-order valence-corrected chi connectivity index (χ1v) is 10.4. The SMILES string of the molecule is O=C1CC2(CCN(C(=O)/C=C/c3cccc([N+](=O)[O-])c3)CC2)Oc2c(Cl)cc(Cl)cc21. The van der Waals surface area contributed by atoms with Crippen molar-refractivity contribution in [3.8, 4) is 5.75 Å². The molecule has 2 heterocycles. The van der Waals surface area contributed by atoms with Gasteiger partial charge in [0.15, 0.2) is 5.78 Å². The highest BCUT2D eigenvalue weighted by Crippen LogP contribution is 2.44. The number of piperidine rings is 1. The molecule has 1 spiro atoms. The molecule has 0 unspecified atom stereocenters. The maximum atomic E-state index is 12.7. The van der Waals surface area contributed by atoms with E-state index in [1.54, 1.807) is 35.2 Å². The van der Waals surface area contributed by atoms with Crippen LogP contribution in [0.25, 0.3) is 6.08 Å². The number of carbonyl (C=O) groups is 2. The quantitative estimate of drug-likeness (QED) is 0.367. The van der Waals surface area contributed by atoms with Gasteiger partial charge in [0.2, 0.25) is 5.91 Å². The van der Waals surface area contributed by atoms with E-state index in [1.165, 1.54) is 18.2 Å². The molecule has 31 heavy (non-hydrogen) atoms. The lowest BCUT2D eigenvalue weighted by Crippen LogP contribution is -2.52. The van der Waals surface area contributed by atoms with Gasteiger partial charge in [-0.2, -0.15) is 0 Å². The number of nitro benzene ring substituents is 1. The van der Waals surface area contributed by atoms with Gasteiger partial charge in [-0.3, -0.25) is 19.7 Å². The van der Waals surface area contributed by atoms with Crippen molar-refractivity contribution in [2.45, 2.75) is 24.9 Å². The number of benzene rings is 2. The van der Waals surface area contributed by atoms with Crippen molar-refractivity contribution in [2.75, 3.05) is 13.1 Å². The molecular formula is C22H18Cl2N2O5. The highest BCUT2D eigenvalue weighted by Gasteiger charge is 2.44. The Bertz CT molecular complexity index is 1110. The maximum Gasteiger partial charge on any atom is 0.270 e. The second kappa shape index (κ2) is 8.32. The summed E-state index contributed by atoms with van der Waals surface area (Å²) in [6.45, 7) is 0.845. The second-order valence-corrected chi connectivity index (χ2v) is 8.50. The minimum absolute atomic E-state index is 0.0335. The van der Waals surface area contributed by atoms with Crippen LogP contribution in [0.5, 0.6) is 5.75 Å². The average molecular weight is 461 g/mol. The average Bonchev–Trinajstić information content (AvgIpc) is 2.74. The van der Waals surface area contributed by atoms with Gasteiger partial charge in [0.1, 0.15) is 11.4 Å². The number of likely N-dealkylation sites (tertiary alicyclic amines) is 1. The van der Waals surface area contributed by atoms with Gasteiger partial charge in [-0.15, -0.1) is 0 Å². The van der Waals surface area contributed by atoms with Gasteiger partial charge in [0.25, 0.3) is 5.69 Å². The number of hydrogen-bond donors (Lipinski definition) is 0. The Labute approximate surface area is 188 Å². The summed E-state index contributed by atoms with van der Waals surface area (Å²) in [5, 5.41) is 11.6. The van der Waals surface area contributed by atoms with Crippen LogP contribution in [0.4, 0.5) is 5.69 Å². The van der Waals surface area contributed by atoms with E-state index in [4.69, 9.17) is 27.9 Å². The van der Waals surface area contributed by atoms with Crippen LogP contribution in [0.15, 0.2) is 42.5 Å². The highest BCUT2D eigenvalue weighted by atomic mass is 35.5. The molecule has 2 aliphatic rings. The number of ether oxygens (including phenoxy) is 1. The van der Waals surface area contributed by atoms with Crippen LogP contribution in [-0.4, -0.2) is 40.2 Å². The zero-order chi connectivity index (χ0) is 22.2. The third-order valence-electron chi connectivity index (χ3n) is 5.60. The molecule has 0 bridgehead atoms. The first-order chi connectivity index (χ1) is 14.8.